The Kier molecular flexibility index (Phi) is 3.50. The molecule has 1 atom stereocenters. The topological polar surface area (TPSA) is 15.3 Å². The Morgan fingerprint density at radius 2 is 2.41 bits per heavy atom. The van der Waals surface area contributed by atoms with Crippen LogP contribution in [-0.2, 0) is 13.0 Å². The van der Waals surface area contributed by atoms with Gasteiger partial charge in [0, 0.05) is 30.1 Å². The number of hydrogen-bond acceptors (Lipinski definition) is 3. The van der Waals surface area contributed by atoms with Gasteiger partial charge in [0.1, 0.15) is 0 Å². The summed E-state index contributed by atoms with van der Waals surface area (Å²) in [6.45, 7) is 5.99. The number of nitrogens with zero attached hydrogens (tertiary/aromatic N) is 1. The molecule has 2 aliphatic rings. The van der Waals surface area contributed by atoms with E-state index in [0.29, 0.717) is 6.04 Å². The van der Waals surface area contributed by atoms with Crippen molar-refractivity contribution in [1.29, 1.82) is 0 Å². The first-order valence-electron chi connectivity index (χ1n) is 6.85. The molecule has 2 heterocycles. The van der Waals surface area contributed by atoms with Gasteiger partial charge < -0.3 is 5.32 Å². The Labute approximate surface area is 108 Å². The van der Waals surface area contributed by atoms with Crippen LogP contribution in [-0.4, -0.2) is 30.1 Å². The van der Waals surface area contributed by atoms with Crippen LogP contribution in [0.4, 0.5) is 0 Å². The van der Waals surface area contributed by atoms with Crippen molar-refractivity contribution in [3.05, 3.63) is 21.9 Å². The van der Waals surface area contributed by atoms with Crippen LogP contribution in [0.15, 0.2) is 11.4 Å². The zero-order valence-corrected chi connectivity index (χ0v) is 11.4. The second kappa shape index (κ2) is 5.09. The maximum atomic E-state index is 3.62. The highest BCUT2D eigenvalue weighted by Crippen LogP contribution is 2.25. The standard InChI is InChI=1S/C14H22N2S/c1-11(4-7-15-13-2-3-13)16-8-5-14-12(10-16)6-9-17-14/h6,9,11,13,15H,2-5,7-8,10H2,1H3. The highest BCUT2D eigenvalue weighted by Gasteiger charge is 2.23. The second-order valence-corrected chi connectivity index (χ2v) is 6.46. The summed E-state index contributed by atoms with van der Waals surface area (Å²) in [5.74, 6) is 0. The van der Waals surface area contributed by atoms with E-state index in [1.165, 1.54) is 45.3 Å². The molecule has 1 fully saturated rings. The summed E-state index contributed by atoms with van der Waals surface area (Å²) < 4.78 is 0. The van der Waals surface area contributed by atoms with Gasteiger partial charge in [-0.25, -0.2) is 0 Å². The minimum absolute atomic E-state index is 0.717. The maximum absolute atomic E-state index is 3.62. The van der Waals surface area contributed by atoms with Crippen molar-refractivity contribution < 1.29 is 0 Å². The predicted molar refractivity (Wildman–Crippen MR) is 73.5 cm³/mol. The third-order valence-electron chi connectivity index (χ3n) is 4.03. The summed E-state index contributed by atoms with van der Waals surface area (Å²) in [6, 6.07) is 3.88. The molecule has 1 aromatic heterocycles. The zero-order valence-electron chi connectivity index (χ0n) is 10.6. The predicted octanol–water partition coefficient (Wildman–Crippen LogP) is 2.64. The van der Waals surface area contributed by atoms with Crippen LogP contribution in [0, 0.1) is 0 Å². The van der Waals surface area contributed by atoms with E-state index in [9.17, 15) is 0 Å². The van der Waals surface area contributed by atoms with Crippen LogP contribution in [0.2, 0.25) is 0 Å². The number of thiophene rings is 1. The fraction of sp³-hybridized carbons (Fsp3) is 0.714. The Morgan fingerprint density at radius 1 is 1.53 bits per heavy atom. The summed E-state index contributed by atoms with van der Waals surface area (Å²) >= 11 is 1.93. The molecule has 1 aliphatic heterocycles. The minimum atomic E-state index is 0.717. The third-order valence-corrected chi connectivity index (χ3v) is 5.06. The summed E-state index contributed by atoms with van der Waals surface area (Å²) in [5, 5.41) is 5.86. The molecule has 1 saturated carbocycles. The van der Waals surface area contributed by atoms with Gasteiger partial charge in [-0.05, 0) is 56.2 Å². The van der Waals surface area contributed by atoms with Crippen molar-refractivity contribution in [1.82, 2.24) is 10.2 Å². The highest BCUT2D eigenvalue weighted by molar-refractivity contribution is 7.10. The third kappa shape index (κ3) is 2.90. The van der Waals surface area contributed by atoms with Crippen LogP contribution in [0.5, 0.6) is 0 Å². The van der Waals surface area contributed by atoms with Crippen molar-refractivity contribution >= 4 is 11.3 Å². The van der Waals surface area contributed by atoms with Gasteiger partial charge in [0.05, 0.1) is 0 Å². The number of rotatable bonds is 5. The highest BCUT2D eigenvalue weighted by atomic mass is 32.1. The molecule has 1 aliphatic carbocycles. The molecule has 2 nitrogen and oxygen atoms in total. The van der Waals surface area contributed by atoms with E-state index in [1.54, 1.807) is 10.4 Å². The van der Waals surface area contributed by atoms with Gasteiger partial charge in [0.2, 0.25) is 0 Å². The van der Waals surface area contributed by atoms with Gasteiger partial charge in [0.25, 0.3) is 0 Å². The lowest BCUT2D eigenvalue weighted by Gasteiger charge is -2.32. The van der Waals surface area contributed by atoms with Crippen molar-refractivity contribution in [2.45, 2.75) is 51.2 Å². The maximum Gasteiger partial charge on any atom is 0.0247 e. The Hall–Kier alpha value is -0.380. The summed E-state index contributed by atoms with van der Waals surface area (Å²) in [4.78, 5) is 4.26. The van der Waals surface area contributed by atoms with Crippen LogP contribution in [0.25, 0.3) is 0 Å². The lowest BCUT2D eigenvalue weighted by Crippen LogP contribution is -2.38. The molecule has 1 N–H and O–H groups in total. The first-order chi connectivity index (χ1) is 8.33. The second-order valence-electron chi connectivity index (χ2n) is 5.46. The van der Waals surface area contributed by atoms with Gasteiger partial charge in [-0.2, -0.15) is 0 Å². The number of hydrogen-bond donors (Lipinski definition) is 1. The fourth-order valence-electron chi connectivity index (χ4n) is 2.61. The first-order valence-corrected chi connectivity index (χ1v) is 7.73. The molecule has 94 valence electrons. The molecular formula is C14H22N2S. The molecule has 0 saturated heterocycles. The molecule has 17 heavy (non-hydrogen) atoms. The average molecular weight is 250 g/mol. The van der Waals surface area contributed by atoms with E-state index in [1.807, 2.05) is 11.3 Å². The van der Waals surface area contributed by atoms with Crippen LogP contribution < -0.4 is 5.32 Å². The molecule has 3 heteroatoms. The van der Waals surface area contributed by atoms with Crippen LogP contribution >= 0.6 is 11.3 Å². The molecule has 0 radical (unpaired) electrons. The molecule has 3 rings (SSSR count). The summed E-state index contributed by atoms with van der Waals surface area (Å²) in [6.07, 6.45) is 5.34. The van der Waals surface area contributed by atoms with Crippen LogP contribution in [0.1, 0.15) is 36.6 Å². The normalized spacial score (nSPS) is 22.4. The van der Waals surface area contributed by atoms with Crippen molar-refractivity contribution in [3.8, 4) is 0 Å². The molecule has 1 aromatic rings. The Bertz CT molecular complexity index is 370. The molecule has 0 aromatic carbocycles. The first kappa shape index (κ1) is 11.7. The van der Waals surface area contributed by atoms with Gasteiger partial charge in [0.15, 0.2) is 0 Å². The smallest absolute Gasteiger partial charge is 0.0247 e. The largest absolute Gasteiger partial charge is 0.314 e. The SMILES string of the molecule is CC(CCNC1CC1)N1CCc2sccc2C1. The molecule has 1 unspecified atom stereocenters. The number of fused-ring (bicyclic) bond motifs is 1. The quantitative estimate of drug-likeness (QED) is 0.864. The monoisotopic (exact) mass is 250 g/mol. The van der Waals surface area contributed by atoms with E-state index in [0.717, 1.165) is 6.04 Å². The minimum Gasteiger partial charge on any atom is -0.314 e. The van der Waals surface area contributed by atoms with E-state index in [4.69, 9.17) is 0 Å². The summed E-state index contributed by atoms with van der Waals surface area (Å²) in [5.41, 5.74) is 1.57. The number of nitrogens with one attached hydrogen (secondary N) is 1. The summed E-state index contributed by atoms with van der Waals surface area (Å²) in [7, 11) is 0. The van der Waals surface area contributed by atoms with Gasteiger partial charge >= 0.3 is 0 Å². The van der Waals surface area contributed by atoms with Gasteiger partial charge in [-0.1, -0.05) is 0 Å². The van der Waals surface area contributed by atoms with E-state index in [-0.39, 0.29) is 0 Å². The molecule has 0 amide bonds. The Balaban J connectivity index is 1.47. The van der Waals surface area contributed by atoms with E-state index in [2.05, 4.69) is 28.6 Å². The van der Waals surface area contributed by atoms with Crippen molar-refractivity contribution in [3.63, 3.8) is 0 Å². The lowest BCUT2D eigenvalue weighted by molar-refractivity contribution is 0.183. The van der Waals surface area contributed by atoms with E-state index < -0.39 is 0 Å². The van der Waals surface area contributed by atoms with Crippen molar-refractivity contribution in [2.75, 3.05) is 13.1 Å². The molecular weight excluding hydrogens is 228 g/mol. The van der Waals surface area contributed by atoms with E-state index >= 15 is 0 Å². The van der Waals surface area contributed by atoms with Crippen LogP contribution in [0.3, 0.4) is 0 Å². The average Bonchev–Trinajstić information content (AvgIpc) is 3.04. The van der Waals surface area contributed by atoms with Crippen molar-refractivity contribution in [2.24, 2.45) is 0 Å². The lowest BCUT2D eigenvalue weighted by atomic mass is 10.1. The fourth-order valence-corrected chi connectivity index (χ4v) is 3.50. The molecule has 0 bridgehead atoms. The molecule has 0 spiro atoms. The Morgan fingerprint density at radius 3 is 3.24 bits per heavy atom. The zero-order chi connectivity index (χ0) is 11.7. The van der Waals surface area contributed by atoms with Gasteiger partial charge in [-0.3, -0.25) is 4.90 Å². The van der Waals surface area contributed by atoms with Gasteiger partial charge in [-0.15, -0.1) is 11.3 Å².